The van der Waals surface area contributed by atoms with Crippen LogP contribution in [0.25, 0.3) is 11.1 Å². The van der Waals surface area contributed by atoms with Crippen LogP contribution in [0, 0.1) is 0 Å². The van der Waals surface area contributed by atoms with Gasteiger partial charge in [0.2, 0.25) is 0 Å². The molecule has 0 fully saturated rings. The van der Waals surface area contributed by atoms with Crippen molar-refractivity contribution in [1.82, 2.24) is 4.90 Å². The summed E-state index contributed by atoms with van der Waals surface area (Å²) in [6.07, 6.45) is 0. The summed E-state index contributed by atoms with van der Waals surface area (Å²) in [7, 11) is 3.86. The lowest BCUT2D eigenvalue weighted by atomic mass is 10.0. The number of benzene rings is 2. The average Bonchev–Trinajstić information content (AvgIpc) is 2.47. The van der Waals surface area contributed by atoms with E-state index in [9.17, 15) is 4.79 Å². The molecule has 0 N–H and O–H groups in total. The van der Waals surface area contributed by atoms with E-state index in [1.807, 2.05) is 55.4 Å². The van der Waals surface area contributed by atoms with E-state index in [0.717, 1.165) is 11.1 Å². The maximum atomic E-state index is 11.9. The van der Waals surface area contributed by atoms with Gasteiger partial charge in [0, 0.05) is 17.1 Å². The van der Waals surface area contributed by atoms with Crippen LogP contribution in [0.1, 0.15) is 10.4 Å². The van der Waals surface area contributed by atoms with Gasteiger partial charge in [0.05, 0.1) is 5.56 Å². The Morgan fingerprint density at radius 1 is 1.14 bits per heavy atom. The highest BCUT2D eigenvalue weighted by atomic mass is 35.5. The number of esters is 1. The van der Waals surface area contributed by atoms with E-state index in [0.29, 0.717) is 23.7 Å². The second-order valence-electron chi connectivity index (χ2n) is 5.00. The third-order valence-electron chi connectivity index (χ3n) is 3.06. The van der Waals surface area contributed by atoms with Crippen molar-refractivity contribution in [2.75, 3.05) is 27.2 Å². The van der Waals surface area contributed by atoms with Crippen molar-refractivity contribution in [3.8, 4) is 11.1 Å². The molecule has 0 unspecified atom stereocenters. The minimum Gasteiger partial charge on any atom is -0.461 e. The fraction of sp³-hybridized carbons (Fsp3) is 0.235. The van der Waals surface area contributed by atoms with Crippen LogP contribution in [0.3, 0.4) is 0 Å². The van der Waals surface area contributed by atoms with Crippen LogP contribution >= 0.6 is 11.6 Å². The molecule has 2 aromatic carbocycles. The Bertz CT molecular complexity index is 611. The fourth-order valence-corrected chi connectivity index (χ4v) is 2.19. The first-order valence-corrected chi connectivity index (χ1v) is 7.12. The Kier molecular flexibility index (Phi) is 5.37. The second-order valence-corrected chi connectivity index (χ2v) is 5.41. The zero-order chi connectivity index (χ0) is 15.2. The van der Waals surface area contributed by atoms with Crippen LogP contribution in [0.15, 0.2) is 48.5 Å². The molecule has 0 aromatic heterocycles. The summed E-state index contributed by atoms with van der Waals surface area (Å²) in [6.45, 7) is 1.06. The number of hydrogen-bond donors (Lipinski definition) is 0. The van der Waals surface area contributed by atoms with Gasteiger partial charge >= 0.3 is 5.97 Å². The van der Waals surface area contributed by atoms with Crippen LogP contribution in [-0.4, -0.2) is 38.1 Å². The van der Waals surface area contributed by atoms with Crippen LogP contribution in [0.4, 0.5) is 0 Å². The Morgan fingerprint density at radius 2 is 1.86 bits per heavy atom. The SMILES string of the molecule is CN(C)CCOC(=O)c1ccc(-c2ccccc2)c(Cl)c1. The Hall–Kier alpha value is -1.84. The van der Waals surface area contributed by atoms with E-state index in [4.69, 9.17) is 16.3 Å². The molecule has 0 saturated heterocycles. The number of ether oxygens (including phenoxy) is 1. The van der Waals surface area contributed by atoms with Gasteiger partial charge in [0.15, 0.2) is 0 Å². The molecule has 0 aliphatic carbocycles. The zero-order valence-corrected chi connectivity index (χ0v) is 12.9. The molecule has 21 heavy (non-hydrogen) atoms. The molecule has 0 spiro atoms. The van der Waals surface area contributed by atoms with Gasteiger partial charge in [0.25, 0.3) is 0 Å². The van der Waals surface area contributed by atoms with Crippen LogP contribution in [0.5, 0.6) is 0 Å². The molecule has 4 heteroatoms. The molecular formula is C17H18ClNO2. The molecule has 0 aliphatic rings. The number of carbonyl (C=O) groups is 1. The number of carbonyl (C=O) groups excluding carboxylic acids is 1. The van der Waals surface area contributed by atoms with Crippen molar-refractivity contribution >= 4 is 17.6 Å². The second kappa shape index (κ2) is 7.25. The highest BCUT2D eigenvalue weighted by Gasteiger charge is 2.11. The van der Waals surface area contributed by atoms with E-state index in [1.165, 1.54) is 0 Å². The maximum Gasteiger partial charge on any atom is 0.338 e. The molecule has 2 aromatic rings. The monoisotopic (exact) mass is 303 g/mol. The number of hydrogen-bond acceptors (Lipinski definition) is 3. The van der Waals surface area contributed by atoms with E-state index in [-0.39, 0.29) is 5.97 Å². The Balaban J connectivity index is 2.10. The largest absolute Gasteiger partial charge is 0.461 e. The number of likely N-dealkylation sites (N-methyl/N-ethyl adjacent to an activating group) is 1. The van der Waals surface area contributed by atoms with Gasteiger partial charge in [-0.05, 0) is 31.8 Å². The normalized spacial score (nSPS) is 10.7. The molecule has 0 radical (unpaired) electrons. The summed E-state index contributed by atoms with van der Waals surface area (Å²) in [5.41, 5.74) is 2.40. The third-order valence-corrected chi connectivity index (χ3v) is 3.37. The molecule has 0 atom stereocenters. The average molecular weight is 304 g/mol. The lowest BCUT2D eigenvalue weighted by Gasteiger charge is -2.11. The first-order chi connectivity index (χ1) is 10.1. The summed E-state index contributed by atoms with van der Waals surface area (Å²) in [4.78, 5) is 13.9. The zero-order valence-electron chi connectivity index (χ0n) is 12.2. The highest BCUT2D eigenvalue weighted by molar-refractivity contribution is 6.33. The molecule has 2 rings (SSSR count). The van der Waals surface area contributed by atoms with Gasteiger partial charge in [0.1, 0.15) is 6.61 Å². The number of halogens is 1. The quantitative estimate of drug-likeness (QED) is 0.788. The van der Waals surface area contributed by atoms with Crippen molar-refractivity contribution in [2.24, 2.45) is 0 Å². The van der Waals surface area contributed by atoms with Crippen molar-refractivity contribution in [3.05, 3.63) is 59.1 Å². The minimum atomic E-state index is -0.349. The van der Waals surface area contributed by atoms with Gasteiger partial charge in [-0.15, -0.1) is 0 Å². The fourth-order valence-electron chi connectivity index (χ4n) is 1.90. The smallest absolute Gasteiger partial charge is 0.338 e. The van der Waals surface area contributed by atoms with Crippen molar-refractivity contribution in [1.29, 1.82) is 0 Å². The van der Waals surface area contributed by atoms with Gasteiger partial charge in [-0.1, -0.05) is 48.0 Å². The van der Waals surface area contributed by atoms with Gasteiger partial charge < -0.3 is 9.64 Å². The van der Waals surface area contributed by atoms with E-state index < -0.39 is 0 Å². The summed E-state index contributed by atoms with van der Waals surface area (Å²) in [6, 6.07) is 15.1. The predicted octanol–water partition coefficient (Wildman–Crippen LogP) is 3.73. The Labute approximate surface area is 130 Å². The van der Waals surface area contributed by atoms with Crippen LogP contribution in [-0.2, 0) is 4.74 Å². The minimum absolute atomic E-state index is 0.349. The lowest BCUT2D eigenvalue weighted by molar-refractivity contribution is 0.0482. The molecule has 3 nitrogen and oxygen atoms in total. The number of nitrogens with zero attached hydrogens (tertiary/aromatic N) is 1. The molecular weight excluding hydrogens is 286 g/mol. The predicted molar refractivity (Wildman–Crippen MR) is 85.7 cm³/mol. The summed E-state index contributed by atoms with van der Waals surface area (Å²) in [5.74, 6) is -0.349. The summed E-state index contributed by atoms with van der Waals surface area (Å²) in [5, 5.41) is 0.545. The van der Waals surface area contributed by atoms with Gasteiger partial charge in [-0.2, -0.15) is 0 Å². The third kappa shape index (κ3) is 4.31. The summed E-state index contributed by atoms with van der Waals surface area (Å²) < 4.78 is 5.20. The Morgan fingerprint density at radius 3 is 2.48 bits per heavy atom. The first kappa shape index (κ1) is 15.5. The van der Waals surface area contributed by atoms with Gasteiger partial charge in [-0.25, -0.2) is 4.79 Å². The van der Waals surface area contributed by atoms with E-state index in [1.54, 1.807) is 12.1 Å². The van der Waals surface area contributed by atoms with Gasteiger partial charge in [-0.3, -0.25) is 0 Å². The molecule has 0 aliphatic heterocycles. The van der Waals surface area contributed by atoms with Crippen LogP contribution < -0.4 is 0 Å². The van der Waals surface area contributed by atoms with Crippen molar-refractivity contribution < 1.29 is 9.53 Å². The highest BCUT2D eigenvalue weighted by Crippen LogP contribution is 2.28. The van der Waals surface area contributed by atoms with E-state index >= 15 is 0 Å². The number of rotatable bonds is 5. The molecule has 0 bridgehead atoms. The topological polar surface area (TPSA) is 29.5 Å². The van der Waals surface area contributed by atoms with Crippen molar-refractivity contribution in [3.63, 3.8) is 0 Å². The van der Waals surface area contributed by atoms with Crippen molar-refractivity contribution in [2.45, 2.75) is 0 Å². The molecule has 0 heterocycles. The molecule has 0 saturated carbocycles. The lowest BCUT2D eigenvalue weighted by Crippen LogP contribution is -2.20. The summed E-state index contributed by atoms with van der Waals surface area (Å²) >= 11 is 6.28. The standard InChI is InChI=1S/C17H18ClNO2/c1-19(2)10-11-21-17(20)14-8-9-15(16(18)12-14)13-6-4-3-5-7-13/h3-9,12H,10-11H2,1-2H3. The molecule has 0 amide bonds. The molecule has 110 valence electrons. The van der Waals surface area contributed by atoms with E-state index in [2.05, 4.69) is 0 Å². The van der Waals surface area contributed by atoms with Crippen LogP contribution in [0.2, 0.25) is 5.02 Å². The maximum absolute atomic E-state index is 11.9. The first-order valence-electron chi connectivity index (χ1n) is 6.75.